The number of amides is 6. The molecule has 1 aromatic heterocycles. The molecule has 2 heterocycles. The van der Waals surface area contributed by atoms with Crippen molar-refractivity contribution in [2.24, 2.45) is 11.7 Å². The molecule has 9 N–H and O–H groups in total. The lowest BCUT2D eigenvalue weighted by atomic mass is 9.98. The number of H-pyrrole nitrogens is 1. The lowest BCUT2D eigenvalue weighted by Crippen LogP contribution is -2.62. The number of rotatable bonds is 14. The molecule has 0 aliphatic carbocycles. The van der Waals surface area contributed by atoms with Gasteiger partial charge in [-0.3, -0.25) is 28.8 Å². The van der Waals surface area contributed by atoms with Crippen molar-refractivity contribution < 1.29 is 33.9 Å². The number of thioether (sulfide) groups is 1. The first-order valence-corrected chi connectivity index (χ1v) is 22.5. The van der Waals surface area contributed by atoms with E-state index in [4.69, 9.17) is 5.73 Å². The van der Waals surface area contributed by atoms with E-state index in [0.717, 1.165) is 22.0 Å². The van der Waals surface area contributed by atoms with Crippen LogP contribution in [0, 0.1) is 5.92 Å². The Balaban J connectivity index is 1.62. The lowest BCUT2D eigenvalue weighted by molar-refractivity contribution is -0.143. The molecule has 332 valence electrons. The maximum atomic E-state index is 14.7. The number of hydrogen-bond acceptors (Lipinski definition) is 9. The van der Waals surface area contributed by atoms with E-state index in [0.29, 0.717) is 30.7 Å². The summed E-state index contributed by atoms with van der Waals surface area (Å²) in [7, 11) is 1.50. The number of nitrogens with one attached hydrogen (secondary N) is 6. The molecule has 0 spiro atoms. The third-order valence-electron chi connectivity index (χ3n) is 11.2. The highest BCUT2D eigenvalue weighted by Crippen LogP contribution is 2.21. The molecule has 62 heavy (non-hydrogen) atoms. The van der Waals surface area contributed by atoms with E-state index in [1.54, 1.807) is 32.2 Å². The molecule has 1 fully saturated rings. The highest BCUT2D eigenvalue weighted by molar-refractivity contribution is 7.98. The van der Waals surface area contributed by atoms with E-state index in [1.807, 2.05) is 60.9 Å². The SMILES string of the molecule is CSCC[C@@H]1NC(=O)[C@H](C(C)C)NC(=O)[C@H](CCCCN)NC(=O)[C@@H](Cc2c[nH]c3ccccc23)NC(=O)[C@H](Cc2ccc(O)cc2)NC(=O)[C@H](Cc2ccccc2)N(C)C1=O. The topological polar surface area (TPSA) is 228 Å². The molecule has 15 nitrogen and oxygen atoms in total. The molecule has 0 bridgehead atoms. The highest BCUT2D eigenvalue weighted by Gasteiger charge is 2.38. The summed E-state index contributed by atoms with van der Waals surface area (Å²) >= 11 is 1.49. The quantitative estimate of drug-likeness (QED) is 0.0871. The standard InChI is InChI=1S/C46H60N8O7S/c1-28(2)40-45(60)50-36(21-23-62-4)46(61)54(3)39(25-29-12-6-5-7-13-29)44(59)52-37(24-30-17-19-32(55)20-18-30)42(57)51-38(26-31-27-48-34-15-9-8-14-33(31)34)43(58)49-35(41(56)53-40)16-10-11-22-47/h5-9,12-15,17-20,27-28,35-40,48,55H,10-11,16,21-26,47H2,1-4H3,(H,49,58)(H,50,60)(H,51,57)(H,52,59)(H,53,56)/t35-,36-,37-,38+,39-,40-/m0/s1. The molecule has 0 radical (unpaired) electrons. The summed E-state index contributed by atoms with van der Waals surface area (Å²) in [6, 6.07) is 15.9. The van der Waals surface area contributed by atoms with Crippen molar-refractivity contribution in [2.45, 2.75) is 95.0 Å². The molecular weight excluding hydrogens is 809 g/mol. The van der Waals surface area contributed by atoms with Gasteiger partial charge >= 0.3 is 0 Å². The van der Waals surface area contributed by atoms with Crippen LogP contribution in [0.1, 0.15) is 56.2 Å². The minimum atomic E-state index is -1.27. The Morgan fingerprint density at radius 1 is 0.661 bits per heavy atom. The third kappa shape index (κ3) is 12.8. The van der Waals surface area contributed by atoms with Crippen molar-refractivity contribution in [3.63, 3.8) is 0 Å². The molecule has 1 aliphatic heterocycles. The Labute approximate surface area is 367 Å². The number of likely N-dealkylation sites (N-methyl/N-ethyl adjacent to an activating group) is 1. The summed E-state index contributed by atoms with van der Waals surface area (Å²) in [4.78, 5) is 91.3. The molecule has 16 heteroatoms. The smallest absolute Gasteiger partial charge is 0.245 e. The molecule has 1 aliphatic rings. The van der Waals surface area contributed by atoms with Crippen LogP contribution in [0.5, 0.6) is 5.75 Å². The number of aromatic nitrogens is 1. The van der Waals surface area contributed by atoms with Crippen molar-refractivity contribution in [1.29, 1.82) is 0 Å². The van der Waals surface area contributed by atoms with Crippen LogP contribution >= 0.6 is 11.8 Å². The number of carbonyl (C=O) groups is 6. The van der Waals surface area contributed by atoms with E-state index in [-0.39, 0.29) is 37.9 Å². The second-order valence-corrected chi connectivity index (χ2v) is 17.1. The molecule has 5 rings (SSSR count). The molecule has 4 aromatic rings. The maximum Gasteiger partial charge on any atom is 0.245 e. The zero-order chi connectivity index (χ0) is 44.8. The Hall–Kier alpha value is -5.87. The van der Waals surface area contributed by atoms with Gasteiger partial charge in [-0.2, -0.15) is 11.8 Å². The highest BCUT2D eigenvalue weighted by atomic mass is 32.2. The van der Waals surface area contributed by atoms with E-state index in [1.165, 1.54) is 35.8 Å². The first kappa shape index (κ1) is 47.2. The number of para-hydroxylation sites is 1. The lowest BCUT2D eigenvalue weighted by Gasteiger charge is -2.34. The normalized spacial score (nSPS) is 22.3. The number of unbranched alkanes of at least 4 members (excludes halogenated alkanes) is 1. The molecule has 3 aromatic carbocycles. The van der Waals surface area contributed by atoms with Crippen LogP contribution in [0.3, 0.4) is 0 Å². The fourth-order valence-corrected chi connectivity index (χ4v) is 8.04. The van der Waals surface area contributed by atoms with Gasteiger partial charge in [0.1, 0.15) is 42.0 Å². The molecule has 0 saturated carbocycles. The average molecular weight is 869 g/mol. The Morgan fingerprint density at radius 3 is 1.94 bits per heavy atom. The second kappa shape index (κ2) is 22.8. The molecular formula is C46H60N8O7S. The van der Waals surface area contributed by atoms with Gasteiger partial charge in [-0.1, -0.05) is 74.5 Å². The van der Waals surface area contributed by atoms with Crippen molar-refractivity contribution in [1.82, 2.24) is 36.5 Å². The minimum absolute atomic E-state index is 0.0124. The third-order valence-corrected chi connectivity index (χ3v) is 11.8. The first-order chi connectivity index (χ1) is 29.8. The predicted octanol–water partition coefficient (Wildman–Crippen LogP) is 2.70. The van der Waals surface area contributed by atoms with E-state index in [2.05, 4.69) is 31.6 Å². The number of benzene rings is 3. The molecule has 0 unspecified atom stereocenters. The fraction of sp³-hybridized carbons (Fsp3) is 0.435. The van der Waals surface area contributed by atoms with Crippen LogP contribution in [0.4, 0.5) is 0 Å². The van der Waals surface area contributed by atoms with Crippen LogP contribution in [0.25, 0.3) is 10.9 Å². The molecule has 1 saturated heterocycles. The van der Waals surface area contributed by atoms with Crippen LogP contribution in [0.15, 0.2) is 85.1 Å². The van der Waals surface area contributed by atoms with Crippen LogP contribution < -0.4 is 32.3 Å². The minimum Gasteiger partial charge on any atom is -0.508 e. The zero-order valence-electron chi connectivity index (χ0n) is 35.8. The Bertz CT molecular complexity index is 2150. The van der Waals surface area contributed by atoms with Crippen molar-refractivity contribution in [2.75, 3.05) is 25.6 Å². The summed E-state index contributed by atoms with van der Waals surface area (Å²) in [5, 5.41) is 25.3. The van der Waals surface area contributed by atoms with E-state index >= 15 is 0 Å². The molecule has 6 atom stereocenters. The number of fused-ring (bicyclic) bond motifs is 1. The molecule has 6 amide bonds. The van der Waals surface area contributed by atoms with Gasteiger partial charge < -0.3 is 47.3 Å². The number of aromatic hydroxyl groups is 1. The second-order valence-electron chi connectivity index (χ2n) is 16.1. The van der Waals surface area contributed by atoms with E-state index in [9.17, 15) is 33.9 Å². The van der Waals surface area contributed by atoms with Crippen LogP contribution in [-0.4, -0.2) is 112 Å². The average Bonchev–Trinajstić information content (AvgIpc) is 3.67. The first-order valence-electron chi connectivity index (χ1n) is 21.1. The summed E-state index contributed by atoms with van der Waals surface area (Å²) in [5.74, 6) is -3.59. The summed E-state index contributed by atoms with van der Waals surface area (Å²) in [6.07, 6.45) is 5.16. The summed E-state index contributed by atoms with van der Waals surface area (Å²) in [5.41, 5.74) is 8.70. The Kier molecular flexibility index (Phi) is 17.4. The van der Waals surface area contributed by atoms with Gasteiger partial charge in [0, 0.05) is 43.4 Å². The monoisotopic (exact) mass is 868 g/mol. The van der Waals surface area contributed by atoms with Gasteiger partial charge in [-0.05, 0) is 85.0 Å². The van der Waals surface area contributed by atoms with Crippen molar-refractivity contribution in [3.8, 4) is 5.75 Å². The summed E-state index contributed by atoms with van der Waals surface area (Å²) in [6.45, 7) is 3.90. The van der Waals surface area contributed by atoms with Gasteiger partial charge in [0.15, 0.2) is 0 Å². The Morgan fingerprint density at radius 2 is 1.26 bits per heavy atom. The number of hydrogen-bond donors (Lipinski definition) is 8. The summed E-state index contributed by atoms with van der Waals surface area (Å²) < 4.78 is 0. The predicted molar refractivity (Wildman–Crippen MR) is 241 cm³/mol. The maximum absolute atomic E-state index is 14.7. The number of phenolic OH excluding ortho intramolecular Hbond substituents is 1. The van der Waals surface area contributed by atoms with Crippen LogP contribution in [-0.2, 0) is 48.0 Å². The van der Waals surface area contributed by atoms with Crippen LogP contribution in [0.2, 0.25) is 0 Å². The van der Waals surface area contributed by atoms with Gasteiger partial charge in [0.2, 0.25) is 35.4 Å². The number of nitrogens with two attached hydrogens (primary N) is 1. The number of aromatic amines is 1. The van der Waals surface area contributed by atoms with Gasteiger partial charge in [-0.25, -0.2) is 0 Å². The van der Waals surface area contributed by atoms with Gasteiger partial charge in [0.05, 0.1) is 0 Å². The largest absolute Gasteiger partial charge is 0.508 e. The zero-order valence-corrected chi connectivity index (χ0v) is 36.6. The van der Waals surface area contributed by atoms with Gasteiger partial charge in [0.25, 0.3) is 0 Å². The number of nitrogens with zero attached hydrogens (tertiary/aromatic N) is 1. The van der Waals surface area contributed by atoms with Crippen molar-refractivity contribution >= 4 is 58.1 Å². The van der Waals surface area contributed by atoms with E-state index < -0.39 is 77.6 Å². The number of phenols is 1. The number of carbonyl (C=O) groups excluding carboxylic acids is 6. The fourth-order valence-electron chi connectivity index (χ4n) is 7.57. The van der Waals surface area contributed by atoms with Crippen molar-refractivity contribution in [3.05, 3.63) is 102 Å². The van der Waals surface area contributed by atoms with Gasteiger partial charge in [-0.15, -0.1) is 0 Å².